The summed E-state index contributed by atoms with van der Waals surface area (Å²) in [6.45, 7) is 3.67. The van der Waals surface area contributed by atoms with Gasteiger partial charge in [-0.15, -0.1) is 11.8 Å². The summed E-state index contributed by atoms with van der Waals surface area (Å²) in [6, 6.07) is 10.7. The van der Waals surface area contributed by atoms with Crippen LogP contribution in [-0.4, -0.2) is 48.0 Å². The predicted octanol–water partition coefficient (Wildman–Crippen LogP) is 2.20. The van der Waals surface area contributed by atoms with Crippen LogP contribution in [-0.2, 0) is 0 Å². The maximum absolute atomic E-state index is 9.13. The summed E-state index contributed by atoms with van der Waals surface area (Å²) in [6.07, 6.45) is 3.32. The van der Waals surface area contributed by atoms with Crippen LogP contribution >= 0.6 is 11.8 Å². The van der Waals surface area contributed by atoms with Gasteiger partial charge in [0.2, 0.25) is 0 Å². The summed E-state index contributed by atoms with van der Waals surface area (Å²) >= 11 is 1.84. The number of hydrogen-bond donors (Lipinski definition) is 2. The Bertz CT molecular complexity index is 366. The molecule has 1 saturated heterocycles. The second kappa shape index (κ2) is 8.67. The number of benzene rings is 1. The highest BCUT2D eigenvalue weighted by Crippen LogP contribution is 2.19. The molecule has 0 aromatic heterocycles. The zero-order valence-electron chi connectivity index (χ0n) is 12.1. The molecule has 3 N–H and O–H groups in total. The predicted molar refractivity (Wildman–Crippen MR) is 86.0 cm³/mol. The molecule has 1 aliphatic heterocycles. The lowest BCUT2D eigenvalue weighted by molar-refractivity contribution is 0.130. The van der Waals surface area contributed by atoms with Crippen molar-refractivity contribution in [2.75, 3.05) is 32.0 Å². The van der Waals surface area contributed by atoms with E-state index in [0.29, 0.717) is 12.5 Å². The first kappa shape index (κ1) is 15.8. The molecule has 0 unspecified atom stereocenters. The van der Waals surface area contributed by atoms with Gasteiger partial charge in [-0.3, -0.25) is 0 Å². The van der Waals surface area contributed by atoms with Crippen molar-refractivity contribution in [3.63, 3.8) is 0 Å². The molecule has 4 heteroatoms. The minimum Gasteiger partial charge on any atom is -0.396 e. The van der Waals surface area contributed by atoms with Crippen LogP contribution in [0, 0.1) is 5.92 Å². The van der Waals surface area contributed by atoms with Crippen molar-refractivity contribution < 1.29 is 5.11 Å². The summed E-state index contributed by atoms with van der Waals surface area (Å²) < 4.78 is 0. The number of hydrogen-bond acceptors (Lipinski definition) is 4. The van der Waals surface area contributed by atoms with Crippen LogP contribution in [0.2, 0.25) is 0 Å². The van der Waals surface area contributed by atoms with E-state index in [1.807, 2.05) is 17.8 Å². The molecule has 0 spiro atoms. The molecular formula is C16H26N2OS. The Morgan fingerprint density at radius 3 is 2.60 bits per heavy atom. The van der Waals surface area contributed by atoms with E-state index in [1.165, 1.54) is 4.90 Å². The first-order valence-corrected chi connectivity index (χ1v) is 8.53. The molecule has 1 heterocycles. The van der Waals surface area contributed by atoms with E-state index in [9.17, 15) is 0 Å². The second-order valence-electron chi connectivity index (χ2n) is 5.64. The van der Waals surface area contributed by atoms with Gasteiger partial charge in [-0.05, 0) is 56.9 Å². The van der Waals surface area contributed by atoms with Crippen LogP contribution in [0.4, 0.5) is 0 Å². The molecule has 112 valence electrons. The molecule has 1 fully saturated rings. The number of aliphatic hydroxyl groups is 1. The van der Waals surface area contributed by atoms with E-state index >= 15 is 0 Å². The van der Waals surface area contributed by atoms with E-state index in [2.05, 4.69) is 29.2 Å². The molecule has 1 aromatic carbocycles. The van der Waals surface area contributed by atoms with E-state index in [4.69, 9.17) is 10.8 Å². The third kappa shape index (κ3) is 5.44. The number of nitrogens with two attached hydrogens (primary N) is 1. The molecule has 2 rings (SSSR count). The average molecular weight is 294 g/mol. The number of likely N-dealkylation sites (tertiary alicyclic amines) is 1. The van der Waals surface area contributed by atoms with Crippen molar-refractivity contribution in [2.24, 2.45) is 11.7 Å². The van der Waals surface area contributed by atoms with Gasteiger partial charge < -0.3 is 15.7 Å². The zero-order valence-corrected chi connectivity index (χ0v) is 12.9. The molecule has 0 bridgehead atoms. The third-order valence-electron chi connectivity index (χ3n) is 3.99. The lowest BCUT2D eigenvalue weighted by Crippen LogP contribution is -2.38. The molecule has 1 aromatic rings. The SMILES string of the molecule is N[C@@H](CCN1CCC(CO)CC1)CSc1ccccc1. The van der Waals surface area contributed by atoms with Crippen molar-refractivity contribution in [1.82, 2.24) is 4.90 Å². The van der Waals surface area contributed by atoms with Crippen LogP contribution in [0.1, 0.15) is 19.3 Å². The van der Waals surface area contributed by atoms with Gasteiger partial charge in [0.05, 0.1) is 0 Å². The number of thioether (sulfide) groups is 1. The van der Waals surface area contributed by atoms with Crippen LogP contribution in [0.5, 0.6) is 0 Å². The van der Waals surface area contributed by atoms with Gasteiger partial charge in [0.15, 0.2) is 0 Å². The first-order valence-electron chi connectivity index (χ1n) is 7.54. The third-order valence-corrected chi connectivity index (χ3v) is 5.19. The molecule has 0 saturated carbocycles. The Kier molecular flexibility index (Phi) is 6.87. The van der Waals surface area contributed by atoms with Crippen LogP contribution in [0.3, 0.4) is 0 Å². The van der Waals surface area contributed by atoms with Crippen molar-refractivity contribution in [3.8, 4) is 0 Å². The van der Waals surface area contributed by atoms with Gasteiger partial charge in [-0.1, -0.05) is 18.2 Å². The highest BCUT2D eigenvalue weighted by atomic mass is 32.2. The van der Waals surface area contributed by atoms with Crippen molar-refractivity contribution in [1.29, 1.82) is 0 Å². The number of aliphatic hydroxyl groups excluding tert-OH is 1. The average Bonchev–Trinajstić information content (AvgIpc) is 2.52. The summed E-state index contributed by atoms with van der Waals surface area (Å²) in [5, 5.41) is 9.13. The number of nitrogens with zero attached hydrogens (tertiary/aromatic N) is 1. The molecule has 1 atom stereocenters. The van der Waals surface area contributed by atoms with Gasteiger partial charge in [-0.2, -0.15) is 0 Å². The van der Waals surface area contributed by atoms with Gasteiger partial charge in [0.1, 0.15) is 0 Å². The Morgan fingerprint density at radius 1 is 1.25 bits per heavy atom. The van der Waals surface area contributed by atoms with Crippen molar-refractivity contribution >= 4 is 11.8 Å². The normalized spacial score (nSPS) is 19.1. The van der Waals surface area contributed by atoms with E-state index in [1.54, 1.807) is 0 Å². The Labute approximate surface area is 126 Å². The fourth-order valence-electron chi connectivity index (χ4n) is 2.54. The van der Waals surface area contributed by atoms with Gasteiger partial charge in [0.25, 0.3) is 0 Å². The molecule has 0 amide bonds. The van der Waals surface area contributed by atoms with Gasteiger partial charge in [0, 0.05) is 23.3 Å². The minimum absolute atomic E-state index is 0.260. The summed E-state index contributed by atoms with van der Waals surface area (Å²) in [4.78, 5) is 3.78. The maximum atomic E-state index is 9.13. The van der Waals surface area contributed by atoms with Crippen LogP contribution in [0.15, 0.2) is 35.2 Å². The van der Waals surface area contributed by atoms with Crippen molar-refractivity contribution in [3.05, 3.63) is 30.3 Å². The second-order valence-corrected chi connectivity index (χ2v) is 6.73. The topological polar surface area (TPSA) is 49.5 Å². The fraction of sp³-hybridized carbons (Fsp3) is 0.625. The number of piperidine rings is 1. The number of rotatable bonds is 7. The quantitative estimate of drug-likeness (QED) is 0.757. The fourth-order valence-corrected chi connectivity index (χ4v) is 3.47. The van der Waals surface area contributed by atoms with Crippen molar-refractivity contribution in [2.45, 2.75) is 30.2 Å². The lowest BCUT2D eigenvalue weighted by Gasteiger charge is -2.31. The standard InChI is InChI=1S/C16H26N2OS/c17-15(13-20-16-4-2-1-3-5-16)8-11-18-9-6-14(12-19)7-10-18/h1-5,14-15,19H,6-13,17H2/t15-/m0/s1. The van der Waals surface area contributed by atoms with Gasteiger partial charge in [-0.25, -0.2) is 0 Å². The molecule has 20 heavy (non-hydrogen) atoms. The molecular weight excluding hydrogens is 268 g/mol. The molecule has 1 aliphatic rings. The highest BCUT2D eigenvalue weighted by Gasteiger charge is 2.18. The van der Waals surface area contributed by atoms with Crippen LogP contribution < -0.4 is 5.73 Å². The van der Waals surface area contributed by atoms with E-state index in [-0.39, 0.29) is 6.04 Å². The molecule has 0 radical (unpaired) electrons. The Balaban J connectivity index is 1.59. The maximum Gasteiger partial charge on any atom is 0.0460 e. The largest absolute Gasteiger partial charge is 0.396 e. The highest BCUT2D eigenvalue weighted by molar-refractivity contribution is 7.99. The minimum atomic E-state index is 0.260. The van der Waals surface area contributed by atoms with E-state index < -0.39 is 0 Å². The smallest absolute Gasteiger partial charge is 0.0460 e. The lowest BCUT2D eigenvalue weighted by atomic mass is 9.98. The summed E-state index contributed by atoms with van der Waals surface area (Å²) in [5.74, 6) is 1.51. The Morgan fingerprint density at radius 2 is 1.95 bits per heavy atom. The first-order chi connectivity index (χ1) is 9.78. The van der Waals surface area contributed by atoms with Crippen LogP contribution in [0.25, 0.3) is 0 Å². The molecule has 0 aliphatic carbocycles. The Hall–Kier alpha value is -0.550. The van der Waals surface area contributed by atoms with Gasteiger partial charge >= 0.3 is 0 Å². The van der Waals surface area contributed by atoms with E-state index in [0.717, 1.165) is 44.6 Å². The summed E-state index contributed by atoms with van der Waals surface area (Å²) in [5.41, 5.74) is 6.20. The molecule has 3 nitrogen and oxygen atoms in total. The zero-order chi connectivity index (χ0) is 14.2. The monoisotopic (exact) mass is 294 g/mol. The summed E-state index contributed by atoms with van der Waals surface area (Å²) in [7, 11) is 0.